The van der Waals surface area contributed by atoms with Crippen molar-refractivity contribution in [2.45, 2.75) is 18.9 Å². The lowest BCUT2D eigenvalue weighted by Gasteiger charge is -2.15. The monoisotopic (exact) mass is 282 g/mol. The molecule has 3 heteroatoms. The van der Waals surface area contributed by atoms with Crippen LogP contribution in [0.25, 0.3) is 0 Å². The van der Waals surface area contributed by atoms with Gasteiger partial charge in [0.15, 0.2) is 0 Å². The average molecular weight is 282 g/mol. The second-order valence-electron chi connectivity index (χ2n) is 5.50. The Hall–Kier alpha value is -2.13. The molecule has 0 aliphatic heterocycles. The quantitative estimate of drug-likeness (QED) is 0.880. The zero-order valence-electron chi connectivity index (χ0n) is 12.0. The van der Waals surface area contributed by atoms with E-state index in [0.29, 0.717) is 5.56 Å². The summed E-state index contributed by atoms with van der Waals surface area (Å²) in [6.45, 7) is 0. The van der Waals surface area contributed by atoms with Crippen molar-refractivity contribution >= 4 is 5.97 Å². The second kappa shape index (κ2) is 5.70. The van der Waals surface area contributed by atoms with E-state index in [0.717, 1.165) is 24.0 Å². The van der Waals surface area contributed by atoms with Gasteiger partial charge in [-0.2, -0.15) is 0 Å². The lowest BCUT2D eigenvalue weighted by Crippen LogP contribution is -2.10. The number of carbonyl (C=O) groups is 1. The van der Waals surface area contributed by atoms with Gasteiger partial charge in [0.25, 0.3) is 0 Å². The lowest BCUT2D eigenvalue weighted by molar-refractivity contribution is 0.0600. The molecule has 0 spiro atoms. The summed E-state index contributed by atoms with van der Waals surface area (Å²) in [4.78, 5) is 11.4. The molecule has 0 fully saturated rings. The Morgan fingerprint density at radius 1 is 1.19 bits per heavy atom. The molecule has 0 bridgehead atoms. The fraction of sp³-hybridized carbons (Fsp3) is 0.278. The van der Waals surface area contributed by atoms with Gasteiger partial charge in [-0.1, -0.05) is 36.4 Å². The number of benzene rings is 2. The Morgan fingerprint density at radius 2 is 1.90 bits per heavy atom. The maximum atomic E-state index is 11.4. The summed E-state index contributed by atoms with van der Waals surface area (Å²) in [5.41, 5.74) is 3.96. The molecule has 1 aliphatic carbocycles. The molecule has 2 aromatic carbocycles. The van der Waals surface area contributed by atoms with Crippen LogP contribution in [0.1, 0.15) is 33.2 Å². The minimum Gasteiger partial charge on any atom is -0.465 e. The molecule has 1 N–H and O–H groups in total. The van der Waals surface area contributed by atoms with Gasteiger partial charge in [-0.3, -0.25) is 0 Å². The van der Waals surface area contributed by atoms with Crippen LogP contribution < -0.4 is 0 Å². The first-order chi connectivity index (χ1) is 10.2. The Labute approximate surface area is 124 Å². The molecule has 3 rings (SSSR count). The van der Waals surface area contributed by atoms with Crippen molar-refractivity contribution in [1.82, 2.24) is 0 Å². The average Bonchev–Trinajstić information content (AvgIpc) is 2.84. The van der Waals surface area contributed by atoms with Crippen molar-refractivity contribution in [1.29, 1.82) is 0 Å². The van der Waals surface area contributed by atoms with Crippen molar-refractivity contribution in [3.05, 3.63) is 70.8 Å². The number of methoxy groups -OCH3 is 1. The molecule has 0 saturated carbocycles. The van der Waals surface area contributed by atoms with Crippen molar-refractivity contribution in [3.63, 3.8) is 0 Å². The summed E-state index contributed by atoms with van der Waals surface area (Å²) < 4.78 is 4.69. The minimum absolute atomic E-state index is 0.200. The highest BCUT2D eigenvalue weighted by Crippen LogP contribution is 2.37. The lowest BCUT2D eigenvalue weighted by atomic mass is 9.94. The van der Waals surface area contributed by atoms with Crippen LogP contribution in [0.15, 0.2) is 48.5 Å². The molecule has 2 aromatic rings. The molecular weight excluding hydrogens is 264 g/mol. The number of esters is 1. The number of fused-ring (bicyclic) bond motifs is 1. The summed E-state index contributed by atoms with van der Waals surface area (Å²) in [7, 11) is 1.38. The molecule has 0 amide bonds. The van der Waals surface area contributed by atoms with E-state index in [1.807, 2.05) is 30.3 Å². The van der Waals surface area contributed by atoms with Gasteiger partial charge >= 0.3 is 5.97 Å². The van der Waals surface area contributed by atoms with E-state index in [9.17, 15) is 9.90 Å². The van der Waals surface area contributed by atoms with Crippen molar-refractivity contribution in [2.24, 2.45) is 5.92 Å². The Kier molecular flexibility index (Phi) is 3.76. The van der Waals surface area contributed by atoms with Crippen LogP contribution >= 0.6 is 0 Å². The van der Waals surface area contributed by atoms with Gasteiger partial charge in [-0.05, 0) is 47.6 Å². The number of aliphatic hydroxyl groups is 1. The summed E-state index contributed by atoms with van der Waals surface area (Å²) in [6, 6.07) is 15.5. The molecule has 21 heavy (non-hydrogen) atoms. The summed E-state index contributed by atoms with van der Waals surface area (Å²) in [5, 5.41) is 10.4. The normalized spacial score (nSPS) is 20.1. The number of rotatable bonds is 3. The first kappa shape index (κ1) is 13.8. The number of aliphatic hydroxyl groups excluding tert-OH is 1. The Bertz CT molecular complexity index is 646. The third-order valence-corrected chi connectivity index (χ3v) is 4.18. The molecule has 2 atom stereocenters. The van der Waals surface area contributed by atoms with Crippen LogP contribution in [-0.2, 0) is 17.6 Å². The Balaban J connectivity index is 1.72. The zero-order valence-corrected chi connectivity index (χ0v) is 12.0. The number of carbonyl (C=O) groups excluding carboxylic acids is 1. The predicted octanol–water partition coefficient (Wildman–Crippen LogP) is 2.92. The van der Waals surface area contributed by atoms with Crippen LogP contribution in [0, 0.1) is 5.92 Å². The highest BCUT2D eigenvalue weighted by molar-refractivity contribution is 5.89. The molecule has 0 heterocycles. The van der Waals surface area contributed by atoms with Gasteiger partial charge in [0.2, 0.25) is 0 Å². The molecule has 3 nitrogen and oxygen atoms in total. The number of hydrogen-bond donors (Lipinski definition) is 1. The smallest absolute Gasteiger partial charge is 0.337 e. The maximum absolute atomic E-state index is 11.4. The van der Waals surface area contributed by atoms with E-state index in [-0.39, 0.29) is 11.9 Å². The highest BCUT2D eigenvalue weighted by Gasteiger charge is 2.30. The topological polar surface area (TPSA) is 46.5 Å². The SMILES string of the molecule is COC(=O)c1ccc(CC2Cc3ccccc3C2O)cc1. The summed E-state index contributed by atoms with van der Waals surface area (Å²) >= 11 is 0. The van der Waals surface area contributed by atoms with Gasteiger partial charge in [0.05, 0.1) is 18.8 Å². The summed E-state index contributed by atoms with van der Waals surface area (Å²) in [5.74, 6) is -0.124. The van der Waals surface area contributed by atoms with Crippen molar-refractivity contribution in [3.8, 4) is 0 Å². The molecule has 0 saturated heterocycles. The zero-order chi connectivity index (χ0) is 14.8. The van der Waals surface area contributed by atoms with E-state index < -0.39 is 6.10 Å². The third kappa shape index (κ3) is 2.69. The molecule has 0 aromatic heterocycles. The van der Waals surface area contributed by atoms with Crippen LogP contribution in [0.4, 0.5) is 0 Å². The Morgan fingerprint density at radius 3 is 2.57 bits per heavy atom. The van der Waals surface area contributed by atoms with E-state index in [4.69, 9.17) is 0 Å². The molecule has 2 unspecified atom stereocenters. The van der Waals surface area contributed by atoms with Gasteiger partial charge in [0, 0.05) is 0 Å². The van der Waals surface area contributed by atoms with Gasteiger partial charge in [-0.15, -0.1) is 0 Å². The fourth-order valence-electron chi connectivity index (χ4n) is 3.04. The van der Waals surface area contributed by atoms with Gasteiger partial charge in [-0.25, -0.2) is 4.79 Å². The largest absolute Gasteiger partial charge is 0.465 e. The molecular formula is C18H18O3. The second-order valence-corrected chi connectivity index (χ2v) is 5.50. The number of hydrogen-bond acceptors (Lipinski definition) is 3. The third-order valence-electron chi connectivity index (χ3n) is 4.18. The summed E-state index contributed by atoms with van der Waals surface area (Å²) in [6.07, 6.45) is 1.30. The predicted molar refractivity (Wildman–Crippen MR) is 80.1 cm³/mol. The van der Waals surface area contributed by atoms with Gasteiger partial charge < -0.3 is 9.84 Å². The van der Waals surface area contributed by atoms with Crippen LogP contribution in [0.2, 0.25) is 0 Å². The van der Waals surface area contributed by atoms with Crippen LogP contribution in [0.5, 0.6) is 0 Å². The minimum atomic E-state index is -0.401. The van der Waals surface area contributed by atoms with Crippen molar-refractivity contribution in [2.75, 3.05) is 7.11 Å². The van der Waals surface area contributed by atoms with Crippen LogP contribution in [-0.4, -0.2) is 18.2 Å². The van der Waals surface area contributed by atoms with E-state index in [1.54, 1.807) is 12.1 Å². The molecule has 0 radical (unpaired) electrons. The molecule has 108 valence electrons. The van der Waals surface area contributed by atoms with E-state index >= 15 is 0 Å². The first-order valence-corrected chi connectivity index (χ1v) is 7.12. The first-order valence-electron chi connectivity index (χ1n) is 7.12. The van der Waals surface area contributed by atoms with E-state index in [1.165, 1.54) is 12.7 Å². The standard InChI is InChI=1S/C18H18O3/c1-21-18(20)13-8-6-12(7-9-13)10-15-11-14-4-2-3-5-16(14)17(15)19/h2-9,15,17,19H,10-11H2,1H3. The van der Waals surface area contributed by atoms with E-state index in [2.05, 4.69) is 10.8 Å². The fourth-order valence-corrected chi connectivity index (χ4v) is 3.04. The molecule has 1 aliphatic rings. The highest BCUT2D eigenvalue weighted by atomic mass is 16.5. The van der Waals surface area contributed by atoms with Gasteiger partial charge in [0.1, 0.15) is 0 Å². The maximum Gasteiger partial charge on any atom is 0.337 e. The van der Waals surface area contributed by atoms with Crippen LogP contribution in [0.3, 0.4) is 0 Å². The van der Waals surface area contributed by atoms with Crippen molar-refractivity contribution < 1.29 is 14.6 Å². The number of ether oxygens (including phenoxy) is 1.